The molecular weight excluding hydrogens is 256 g/mol. The van der Waals surface area contributed by atoms with Crippen molar-refractivity contribution in [2.75, 3.05) is 13.1 Å². The van der Waals surface area contributed by atoms with E-state index >= 15 is 0 Å². The van der Waals surface area contributed by atoms with E-state index in [0.29, 0.717) is 24.4 Å². The smallest absolute Gasteiger partial charge is 0.249 e. The van der Waals surface area contributed by atoms with E-state index in [2.05, 4.69) is 5.32 Å². The number of carbonyl (C=O) groups excluding carboxylic acids is 2. The van der Waals surface area contributed by atoms with Crippen LogP contribution in [0.25, 0.3) is 0 Å². The lowest BCUT2D eigenvalue weighted by Crippen LogP contribution is -2.46. The third-order valence-electron chi connectivity index (χ3n) is 5.01. The summed E-state index contributed by atoms with van der Waals surface area (Å²) >= 11 is 0. The third kappa shape index (κ3) is 2.43. The van der Waals surface area contributed by atoms with Crippen molar-refractivity contribution < 1.29 is 14.3 Å². The van der Waals surface area contributed by atoms with Crippen LogP contribution in [0.15, 0.2) is 0 Å². The highest BCUT2D eigenvalue weighted by atomic mass is 16.5. The fraction of sp³-hybridized carbons (Fsp3) is 0.867. The molecule has 0 aromatic carbocycles. The number of hydrogen-bond acceptors (Lipinski definition) is 3. The Balaban J connectivity index is 1.34. The summed E-state index contributed by atoms with van der Waals surface area (Å²) in [6.45, 7) is 1.53. The van der Waals surface area contributed by atoms with Crippen LogP contribution in [-0.2, 0) is 14.3 Å². The number of amides is 2. The van der Waals surface area contributed by atoms with Crippen LogP contribution in [0.5, 0.6) is 0 Å². The van der Waals surface area contributed by atoms with Crippen molar-refractivity contribution in [3.05, 3.63) is 0 Å². The second-order valence-electron chi connectivity index (χ2n) is 6.79. The van der Waals surface area contributed by atoms with Crippen molar-refractivity contribution in [2.45, 2.75) is 56.8 Å². The highest BCUT2D eigenvalue weighted by molar-refractivity contribution is 5.82. The van der Waals surface area contributed by atoms with Gasteiger partial charge in [-0.1, -0.05) is 0 Å². The predicted molar refractivity (Wildman–Crippen MR) is 71.9 cm³/mol. The van der Waals surface area contributed by atoms with Crippen molar-refractivity contribution >= 4 is 11.8 Å². The van der Waals surface area contributed by atoms with Crippen LogP contribution in [0.3, 0.4) is 0 Å². The first kappa shape index (κ1) is 12.6. The lowest BCUT2D eigenvalue weighted by atomic mass is 9.91. The Kier molecular flexibility index (Phi) is 2.98. The molecule has 1 N–H and O–H groups in total. The summed E-state index contributed by atoms with van der Waals surface area (Å²) in [4.78, 5) is 26.1. The number of nitrogens with one attached hydrogen (secondary N) is 1. The van der Waals surface area contributed by atoms with Crippen LogP contribution in [0.4, 0.5) is 0 Å². The van der Waals surface area contributed by atoms with Crippen LogP contribution in [-0.4, -0.2) is 48.1 Å². The van der Waals surface area contributed by atoms with E-state index in [0.717, 1.165) is 45.1 Å². The summed E-state index contributed by atoms with van der Waals surface area (Å²) in [5, 5.41) is 3.02. The van der Waals surface area contributed by atoms with Gasteiger partial charge in [0, 0.05) is 25.0 Å². The first-order valence-corrected chi connectivity index (χ1v) is 7.95. The molecule has 0 spiro atoms. The van der Waals surface area contributed by atoms with Gasteiger partial charge in [-0.05, 0) is 44.4 Å². The molecule has 110 valence electrons. The van der Waals surface area contributed by atoms with E-state index in [1.54, 1.807) is 0 Å². The third-order valence-corrected chi connectivity index (χ3v) is 5.01. The average Bonchev–Trinajstić information content (AvgIpc) is 3.35. The molecule has 5 heteroatoms. The van der Waals surface area contributed by atoms with Gasteiger partial charge in [0.15, 0.2) is 0 Å². The lowest BCUT2D eigenvalue weighted by molar-refractivity contribution is -0.139. The molecule has 0 aromatic rings. The minimum atomic E-state index is -0.290. The molecule has 3 atom stereocenters. The lowest BCUT2D eigenvalue weighted by Gasteiger charge is -2.34. The second-order valence-corrected chi connectivity index (χ2v) is 6.79. The van der Waals surface area contributed by atoms with E-state index in [4.69, 9.17) is 4.74 Å². The second kappa shape index (κ2) is 4.72. The van der Waals surface area contributed by atoms with Gasteiger partial charge >= 0.3 is 0 Å². The standard InChI is InChI=1S/C15H22N2O3/c18-14(16-11-3-4-11)12-7-10-5-6-17(8-13(10)20-12)15(19)9-1-2-9/h9-13H,1-8H2,(H,16,18)/t10-,12-,13+/m0/s1. The Bertz CT molecular complexity index is 431. The monoisotopic (exact) mass is 278 g/mol. The van der Waals surface area contributed by atoms with E-state index in [1.165, 1.54) is 0 Å². The zero-order chi connectivity index (χ0) is 13.7. The first-order valence-electron chi connectivity index (χ1n) is 7.95. The fourth-order valence-corrected chi connectivity index (χ4v) is 3.41. The maximum Gasteiger partial charge on any atom is 0.249 e. The Hall–Kier alpha value is -1.10. The van der Waals surface area contributed by atoms with Crippen LogP contribution in [0.1, 0.15) is 38.5 Å². The fourth-order valence-electron chi connectivity index (χ4n) is 3.41. The zero-order valence-electron chi connectivity index (χ0n) is 11.7. The Morgan fingerprint density at radius 2 is 1.90 bits per heavy atom. The van der Waals surface area contributed by atoms with Crippen LogP contribution in [0.2, 0.25) is 0 Å². The Morgan fingerprint density at radius 3 is 2.60 bits per heavy atom. The highest BCUT2D eigenvalue weighted by Crippen LogP contribution is 2.37. The minimum Gasteiger partial charge on any atom is -0.363 e. The summed E-state index contributed by atoms with van der Waals surface area (Å²) in [6.07, 6.45) is 5.91. The number of carbonyl (C=O) groups is 2. The maximum atomic E-state index is 12.1. The van der Waals surface area contributed by atoms with Gasteiger partial charge in [0.2, 0.25) is 11.8 Å². The number of likely N-dealkylation sites (tertiary alicyclic amines) is 1. The summed E-state index contributed by atoms with van der Waals surface area (Å²) in [7, 11) is 0. The van der Waals surface area contributed by atoms with Crippen molar-refractivity contribution in [1.82, 2.24) is 10.2 Å². The molecule has 2 saturated carbocycles. The van der Waals surface area contributed by atoms with E-state index in [-0.39, 0.29) is 24.0 Å². The maximum absolute atomic E-state index is 12.1. The topological polar surface area (TPSA) is 58.6 Å². The van der Waals surface area contributed by atoms with E-state index in [9.17, 15) is 9.59 Å². The number of hydrogen-bond donors (Lipinski definition) is 1. The molecule has 2 saturated heterocycles. The molecular formula is C15H22N2O3. The summed E-state index contributed by atoms with van der Waals surface area (Å²) in [5.41, 5.74) is 0. The SMILES string of the molecule is O=C(NC1CC1)[C@@H]1C[C@@H]2CCN(C(=O)C3CC3)C[C@H]2O1. The van der Waals surface area contributed by atoms with Gasteiger partial charge in [0.05, 0.1) is 6.10 Å². The molecule has 20 heavy (non-hydrogen) atoms. The van der Waals surface area contributed by atoms with Crippen molar-refractivity contribution in [1.29, 1.82) is 0 Å². The number of nitrogens with zero attached hydrogens (tertiary/aromatic N) is 1. The molecule has 4 rings (SSSR count). The number of piperidine rings is 1. The molecule has 2 aliphatic carbocycles. The number of ether oxygens (including phenoxy) is 1. The van der Waals surface area contributed by atoms with Gasteiger partial charge in [-0.2, -0.15) is 0 Å². The summed E-state index contributed by atoms with van der Waals surface area (Å²) in [6, 6.07) is 0.390. The molecule has 5 nitrogen and oxygen atoms in total. The largest absolute Gasteiger partial charge is 0.363 e. The van der Waals surface area contributed by atoms with Gasteiger partial charge in [-0.15, -0.1) is 0 Å². The molecule has 0 aromatic heterocycles. The van der Waals surface area contributed by atoms with Crippen LogP contribution >= 0.6 is 0 Å². The number of fused-ring (bicyclic) bond motifs is 1. The van der Waals surface area contributed by atoms with Gasteiger partial charge in [-0.3, -0.25) is 9.59 Å². The summed E-state index contributed by atoms with van der Waals surface area (Å²) < 4.78 is 5.93. The van der Waals surface area contributed by atoms with Gasteiger partial charge in [0.25, 0.3) is 0 Å². The average molecular weight is 278 g/mol. The van der Waals surface area contributed by atoms with Crippen molar-refractivity contribution in [3.8, 4) is 0 Å². The van der Waals surface area contributed by atoms with Crippen molar-refractivity contribution in [3.63, 3.8) is 0 Å². The van der Waals surface area contributed by atoms with E-state index in [1.807, 2.05) is 4.90 Å². The molecule has 0 radical (unpaired) electrons. The quantitative estimate of drug-likeness (QED) is 0.826. The highest BCUT2D eigenvalue weighted by Gasteiger charge is 2.45. The normalized spacial score (nSPS) is 36.6. The Labute approximate surface area is 119 Å². The molecule has 2 amide bonds. The molecule has 0 unspecified atom stereocenters. The van der Waals surface area contributed by atoms with Crippen LogP contribution in [0, 0.1) is 11.8 Å². The first-order chi connectivity index (χ1) is 9.70. The number of rotatable bonds is 3. The predicted octanol–water partition coefficient (Wildman–Crippen LogP) is 0.681. The molecule has 0 bridgehead atoms. The van der Waals surface area contributed by atoms with Gasteiger partial charge in [-0.25, -0.2) is 0 Å². The van der Waals surface area contributed by atoms with E-state index < -0.39 is 0 Å². The molecule has 2 heterocycles. The molecule has 2 aliphatic heterocycles. The van der Waals surface area contributed by atoms with Crippen LogP contribution < -0.4 is 5.32 Å². The molecule has 4 aliphatic rings. The van der Waals surface area contributed by atoms with Gasteiger partial charge in [0.1, 0.15) is 6.10 Å². The Morgan fingerprint density at radius 1 is 1.10 bits per heavy atom. The van der Waals surface area contributed by atoms with Crippen molar-refractivity contribution in [2.24, 2.45) is 11.8 Å². The summed E-state index contributed by atoms with van der Waals surface area (Å²) in [5.74, 6) is 1.09. The minimum absolute atomic E-state index is 0.0574. The molecule has 4 fully saturated rings. The van der Waals surface area contributed by atoms with Gasteiger partial charge < -0.3 is 15.0 Å². The zero-order valence-corrected chi connectivity index (χ0v) is 11.7.